The van der Waals surface area contributed by atoms with Crippen molar-refractivity contribution >= 4 is 11.2 Å². The Labute approximate surface area is 208 Å². The first-order valence-corrected chi connectivity index (χ1v) is 13.4. The molecule has 1 aromatic carbocycles. The summed E-state index contributed by atoms with van der Waals surface area (Å²) in [5.41, 5.74) is 8.63. The maximum atomic E-state index is 12.8. The summed E-state index contributed by atoms with van der Waals surface area (Å²) in [5, 5.41) is 10.2. The van der Waals surface area contributed by atoms with Gasteiger partial charge in [-0.05, 0) is 84.6 Å². The van der Waals surface area contributed by atoms with Crippen molar-refractivity contribution in [3.05, 3.63) is 70.7 Å². The Hall–Kier alpha value is -2.66. The van der Waals surface area contributed by atoms with Gasteiger partial charge in [-0.25, -0.2) is 4.98 Å². The highest BCUT2D eigenvalue weighted by molar-refractivity contribution is 5.85. The number of unbranched alkanes of at least 4 members (excludes halogenated alkanes) is 1. The molecule has 35 heavy (non-hydrogen) atoms. The number of halogens is 1. The van der Waals surface area contributed by atoms with E-state index >= 15 is 0 Å². The average Bonchev–Trinajstić information content (AvgIpc) is 3.14. The number of hydrogen-bond donors (Lipinski definition) is 1. The predicted octanol–water partition coefficient (Wildman–Crippen LogP) is 6.80. The maximum absolute atomic E-state index is 12.8. The second kappa shape index (κ2) is 10.5. The minimum atomic E-state index is -0.223. The minimum absolute atomic E-state index is 0.193. The molecule has 1 atom stereocenters. The van der Waals surface area contributed by atoms with E-state index in [2.05, 4.69) is 53.7 Å². The topological polar surface area (TPSA) is 40.8 Å². The van der Waals surface area contributed by atoms with Crippen LogP contribution in [-0.2, 0) is 13.0 Å². The van der Waals surface area contributed by atoms with Gasteiger partial charge in [-0.15, -0.1) is 0 Å². The van der Waals surface area contributed by atoms with E-state index in [-0.39, 0.29) is 12.6 Å². The van der Waals surface area contributed by atoms with Crippen LogP contribution in [0.5, 0.6) is 5.75 Å². The zero-order valence-electron chi connectivity index (χ0n) is 21.1. The quantitative estimate of drug-likeness (QED) is 0.370. The van der Waals surface area contributed by atoms with Crippen molar-refractivity contribution in [1.82, 2.24) is 14.3 Å². The Kier molecular flexibility index (Phi) is 7.24. The summed E-state index contributed by atoms with van der Waals surface area (Å²) < 4.78 is 14.9. The molecule has 2 aliphatic rings. The van der Waals surface area contributed by atoms with Crippen molar-refractivity contribution in [1.29, 1.82) is 0 Å². The zero-order valence-corrected chi connectivity index (χ0v) is 21.1. The number of pyridine rings is 1. The lowest BCUT2D eigenvalue weighted by Crippen LogP contribution is -2.46. The SMILES string of the molecule is CCCCC(CC)C1=C(c2ccn3cc(CN4CC(CF)C4)nc3c2)c2ccc(O)cc2CCC1. The molecule has 0 saturated carbocycles. The number of alkyl halides is 1. The van der Waals surface area contributed by atoms with Crippen molar-refractivity contribution in [2.75, 3.05) is 19.8 Å². The van der Waals surface area contributed by atoms with Crippen LogP contribution in [0, 0.1) is 11.8 Å². The van der Waals surface area contributed by atoms with Crippen LogP contribution in [0.2, 0.25) is 0 Å². The Balaban J connectivity index is 1.55. The van der Waals surface area contributed by atoms with Gasteiger partial charge in [0.1, 0.15) is 11.4 Å². The van der Waals surface area contributed by atoms with Crippen molar-refractivity contribution in [3.63, 3.8) is 0 Å². The first kappa shape index (κ1) is 24.1. The second-order valence-electron chi connectivity index (χ2n) is 10.5. The van der Waals surface area contributed by atoms with Crippen molar-refractivity contribution in [3.8, 4) is 5.75 Å². The number of benzene rings is 1. The van der Waals surface area contributed by atoms with Gasteiger partial charge in [-0.3, -0.25) is 9.29 Å². The number of fused-ring (bicyclic) bond motifs is 2. The number of nitrogens with zero attached hydrogens (tertiary/aromatic N) is 3. The van der Waals surface area contributed by atoms with E-state index in [4.69, 9.17) is 4.98 Å². The number of aryl methyl sites for hydroxylation is 1. The van der Waals surface area contributed by atoms with Gasteiger partial charge in [-0.2, -0.15) is 0 Å². The lowest BCUT2D eigenvalue weighted by molar-refractivity contribution is 0.0727. The molecule has 1 unspecified atom stereocenters. The largest absolute Gasteiger partial charge is 0.508 e. The zero-order chi connectivity index (χ0) is 24.4. The fraction of sp³-hybridized carbons (Fsp3) is 0.500. The van der Waals surface area contributed by atoms with Gasteiger partial charge < -0.3 is 9.51 Å². The molecule has 3 heterocycles. The summed E-state index contributed by atoms with van der Waals surface area (Å²) in [6.45, 7) is 6.80. The molecule has 1 aliphatic carbocycles. The van der Waals surface area contributed by atoms with E-state index in [9.17, 15) is 9.50 Å². The Morgan fingerprint density at radius 3 is 2.77 bits per heavy atom. The van der Waals surface area contributed by atoms with Crippen LogP contribution in [0.15, 0.2) is 48.3 Å². The summed E-state index contributed by atoms with van der Waals surface area (Å²) in [6.07, 6.45) is 12.3. The monoisotopic (exact) mass is 475 g/mol. The van der Waals surface area contributed by atoms with Crippen molar-refractivity contribution in [2.45, 2.75) is 65.3 Å². The van der Waals surface area contributed by atoms with Gasteiger partial charge in [0.25, 0.3) is 0 Å². The highest BCUT2D eigenvalue weighted by atomic mass is 19.1. The molecule has 0 spiro atoms. The van der Waals surface area contributed by atoms with Crippen molar-refractivity contribution in [2.24, 2.45) is 11.8 Å². The van der Waals surface area contributed by atoms with Gasteiger partial charge in [-0.1, -0.05) is 38.3 Å². The van der Waals surface area contributed by atoms with E-state index in [0.29, 0.717) is 11.7 Å². The molecule has 3 aromatic rings. The van der Waals surface area contributed by atoms with Gasteiger partial charge in [0.15, 0.2) is 0 Å². The Bertz CT molecular complexity index is 1210. The normalized spacial score (nSPS) is 17.9. The summed E-state index contributed by atoms with van der Waals surface area (Å²) in [6, 6.07) is 10.4. The number of likely N-dealkylation sites (tertiary alicyclic amines) is 1. The maximum Gasteiger partial charge on any atom is 0.137 e. The molecule has 0 amide bonds. The standard InChI is InChI=1S/C30H38FN3O/c1-3-5-7-22(4-2)27-9-6-8-23-14-26(35)10-11-28(23)30(27)24-12-13-34-20-25(32-29(34)15-24)19-33-17-21(16-31)18-33/h10-15,20-22,35H,3-9,16-19H2,1-2H3. The average molecular weight is 476 g/mol. The summed E-state index contributed by atoms with van der Waals surface area (Å²) in [4.78, 5) is 7.20. The second-order valence-corrected chi connectivity index (χ2v) is 10.5. The van der Waals surface area contributed by atoms with Crippen LogP contribution in [0.25, 0.3) is 11.2 Å². The van der Waals surface area contributed by atoms with E-state index in [1.165, 1.54) is 41.5 Å². The number of allylic oxidation sites excluding steroid dienone is 1. The van der Waals surface area contributed by atoms with Gasteiger partial charge in [0, 0.05) is 37.9 Å². The smallest absolute Gasteiger partial charge is 0.137 e. The molecule has 5 heteroatoms. The highest BCUT2D eigenvalue weighted by Crippen LogP contribution is 2.41. The van der Waals surface area contributed by atoms with Crippen LogP contribution < -0.4 is 0 Å². The fourth-order valence-corrected chi connectivity index (χ4v) is 6.02. The molecule has 0 radical (unpaired) electrons. The molecule has 0 bridgehead atoms. The van der Waals surface area contributed by atoms with E-state index in [0.717, 1.165) is 56.7 Å². The van der Waals surface area contributed by atoms with Gasteiger partial charge >= 0.3 is 0 Å². The molecule has 5 rings (SSSR count). The summed E-state index contributed by atoms with van der Waals surface area (Å²) >= 11 is 0. The van der Waals surface area contributed by atoms with Crippen LogP contribution in [0.4, 0.5) is 4.39 Å². The van der Waals surface area contributed by atoms with Gasteiger partial charge in [0.2, 0.25) is 0 Å². The lowest BCUT2D eigenvalue weighted by Gasteiger charge is -2.37. The molecule has 186 valence electrons. The van der Waals surface area contributed by atoms with Crippen molar-refractivity contribution < 1.29 is 9.50 Å². The molecule has 2 aromatic heterocycles. The predicted molar refractivity (Wildman–Crippen MR) is 140 cm³/mol. The molecular formula is C30H38FN3O. The molecule has 1 aliphatic heterocycles. The van der Waals surface area contributed by atoms with E-state index < -0.39 is 0 Å². The number of rotatable bonds is 9. The fourth-order valence-electron chi connectivity index (χ4n) is 6.02. The molecule has 1 fully saturated rings. The first-order valence-electron chi connectivity index (χ1n) is 13.4. The third-order valence-electron chi connectivity index (χ3n) is 7.90. The number of phenols is 1. The number of imidazole rings is 1. The molecule has 1 saturated heterocycles. The Morgan fingerprint density at radius 2 is 2.00 bits per heavy atom. The van der Waals surface area contributed by atoms with Gasteiger partial charge in [0.05, 0.1) is 12.4 Å². The molecule has 4 nitrogen and oxygen atoms in total. The first-order chi connectivity index (χ1) is 17.1. The summed E-state index contributed by atoms with van der Waals surface area (Å²) in [7, 11) is 0. The van der Waals surface area contributed by atoms with Crippen LogP contribution in [0.3, 0.4) is 0 Å². The van der Waals surface area contributed by atoms with Crippen LogP contribution in [0.1, 0.15) is 74.8 Å². The van der Waals surface area contributed by atoms with Crippen LogP contribution in [-0.4, -0.2) is 39.2 Å². The number of phenolic OH excluding ortho intramolecular Hbond substituents is 1. The Morgan fingerprint density at radius 1 is 1.14 bits per heavy atom. The van der Waals surface area contributed by atoms with E-state index in [1.807, 2.05) is 12.1 Å². The third kappa shape index (κ3) is 5.02. The van der Waals surface area contributed by atoms with E-state index in [1.54, 1.807) is 5.57 Å². The molecular weight excluding hydrogens is 437 g/mol. The number of aromatic hydroxyl groups is 1. The number of hydrogen-bond acceptors (Lipinski definition) is 3. The van der Waals surface area contributed by atoms with Crippen LogP contribution >= 0.6 is 0 Å². The number of aromatic nitrogens is 2. The highest BCUT2D eigenvalue weighted by Gasteiger charge is 2.27. The summed E-state index contributed by atoms with van der Waals surface area (Å²) in [5.74, 6) is 1.11. The lowest BCUT2D eigenvalue weighted by atomic mass is 9.82. The minimum Gasteiger partial charge on any atom is -0.508 e. The molecule has 1 N–H and O–H groups in total. The third-order valence-corrected chi connectivity index (χ3v) is 7.90.